The molecule has 3 aromatic rings. The molecule has 5 atom stereocenters. The van der Waals surface area contributed by atoms with Crippen molar-refractivity contribution in [1.82, 2.24) is 15.5 Å². The molecule has 4 rings (SSSR count). The van der Waals surface area contributed by atoms with Crippen molar-refractivity contribution in [3.05, 3.63) is 108 Å². The molecule has 1 aliphatic rings. The molecular formula is C38H44N4O7. The highest BCUT2D eigenvalue weighted by Gasteiger charge is 2.59. The van der Waals surface area contributed by atoms with Gasteiger partial charge in [0.2, 0.25) is 34.8 Å². The summed E-state index contributed by atoms with van der Waals surface area (Å²) in [5.41, 5.74) is 5.81. The number of carboxylic acids is 1. The van der Waals surface area contributed by atoms with Crippen LogP contribution in [0.25, 0.3) is 0 Å². The summed E-state index contributed by atoms with van der Waals surface area (Å²) in [7, 11) is 0. The minimum Gasteiger partial charge on any atom is -0.479 e. The molecule has 0 aliphatic carbocycles. The van der Waals surface area contributed by atoms with Gasteiger partial charge in [-0.2, -0.15) is 0 Å². The normalized spacial score (nSPS) is 18.1. The number of ketones is 2. The number of carboxylic acid groups (broad SMARTS) is 1. The monoisotopic (exact) mass is 668 g/mol. The van der Waals surface area contributed by atoms with Crippen LogP contribution in [0.5, 0.6) is 0 Å². The third-order valence-electron chi connectivity index (χ3n) is 9.20. The summed E-state index contributed by atoms with van der Waals surface area (Å²) in [5, 5.41) is 15.9. The van der Waals surface area contributed by atoms with Crippen molar-refractivity contribution >= 4 is 35.3 Å². The maximum absolute atomic E-state index is 14.2. The van der Waals surface area contributed by atoms with E-state index in [1.807, 2.05) is 19.1 Å². The van der Waals surface area contributed by atoms with Gasteiger partial charge >= 0.3 is 5.97 Å². The van der Waals surface area contributed by atoms with Gasteiger partial charge < -0.3 is 26.4 Å². The van der Waals surface area contributed by atoms with Gasteiger partial charge in [-0.15, -0.1) is 0 Å². The second-order valence-electron chi connectivity index (χ2n) is 12.6. The van der Waals surface area contributed by atoms with Gasteiger partial charge in [-0.05, 0) is 35.4 Å². The highest BCUT2D eigenvalue weighted by molar-refractivity contribution is 6.47. The van der Waals surface area contributed by atoms with E-state index in [9.17, 15) is 33.9 Å². The summed E-state index contributed by atoms with van der Waals surface area (Å²) >= 11 is 0. The summed E-state index contributed by atoms with van der Waals surface area (Å²) in [6.07, 6.45) is 0.404. The molecular weight excluding hydrogens is 624 g/mol. The van der Waals surface area contributed by atoms with E-state index in [4.69, 9.17) is 5.73 Å². The van der Waals surface area contributed by atoms with Crippen LogP contribution in [0.3, 0.4) is 0 Å². The van der Waals surface area contributed by atoms with Crippen molar-refractivity contribution in [2.45, 2.75) is 76.0 Å². The molecule has 5 N–H and O–H groups in total. The van der Waals surface area contributed by atoms with Gasteiger partial charge in [-0.25, -0.2) is 4.79 Å². The Morgan fingerprint density at radius 2 is 1.31 bits per heavy atom. The van der Waals surface area contributed by atoms with Crippen LogP contribution < -0.4 is 16.4 Å². The first kappa shape index (κ1) is 36.7. The number of nitrogens with two attached hydrogens (primary N) is 1. The first-order valence-electron chi connectivity index (χ1n) is 16.6. The van der Waals surface area contributed by atoms with Gasteiger partial charge in [0.25, 0.3) is 0 Å². The molecule has 3 aromatic carbocycles. The van der Waals surface area contributed by atoms with Gasteiger partial charge in [-0.1, -0.05) is 111 Å². The zero-order valence-corrected chi connectivity index (χ0v) is 27.8. The Morgan fingerprint density at radius 1 is 0.796 bits per heavy atom. The molecule has 49 heavy (non-hydrogen) atoms. The van der Waals surface area contributed by atoms with Crippen molar-refractivity contribution < 1.29 is 33.9 Å². The summed E-state index contributed by atoms with van der Waals surface area (Å²) < 4.78 is 0. The average Bonchev–Trinajstić information content (AvgIpc) is 3.57. The Kier molecular flexibility index (Phi) is 12.6. The van der Waals surface area contributed by atoms with Crippen molar-refractivity contribution in [2.24, 2.45) is 11.7 Å². The third-order valence-corrected chi connectivity index (χ3v) is 9.20. The van der Waals surface area contributed by atoms with Gasteiger partial charge in [-0.3, -0.25) is 24.0 Å². The first-order valence-corrected chi connectivity index (χ1v) is 16.6. The number of amides is 3. The Labute approximate surface area is 286 Å². The predicted molar refractivity (Wildman–Crippen MR) is 183 cm³/mol. The molecule has 1 heterocycles. The van der Waals surface area contributed by atoms with Crippen LogP contribution in [-0.2, 0) is 48.0 Å². The maximum atomic E-state index is 14.2. The highest BCUT2D eigenvalue weighted by Crippen LogP contribution is 2.33. The largest absolute Gasteiger partial charge is 0.479 e. The number of aliphatic carboxylic acids is 1. The van der Waals surface area contributed by atoms with Crippen LogP contribution in [-0.4, -0.2) is 75.5 Å². The number of nitrogens with one attached hydrogen (secondary N) is 2. The van der Waals surface area contributed by atoms with Crippen molar-refractivity contribution in [3.63, 3.8) is 0 Å². The Balaban J connectivity index is 1.65. The molecule has 11 heteroatoms. The van der Waals surface area contributed by atoms with Crippen molar-refractivity contribution in [1.29, 1.82) is 0 Å². The number of hydrogen-bond donors (Lipinski definition) is 4. The zero-order chi connectivity index (χ0) is 35.6. The van der Waals surface area contributed by atoms with Crippen LogP contribution in [0.2, 0.25) is 0 Å². The number of rotatable bonds is 16. The predicted octanol–water partition coefficient (Wildman–Crippen LogP) is 2.64. The fraction of sp³-hybridized carbons (Fsp3) is 0.368. The lowest BCUT2D eigenvalue weighted by Crippen LogP contribution is -2.65. The number of hydrogen-bond acceptors (Lipinski definition) is 7. The molecule has 1 fully saturated rings. The lowest BCUT2D eigenvalue weighted by Gasteiger charge is -2.36. The summed E-state index contributed by atoms with van der Waals surface area (Å²) in [6.45, 7) is 3.54. The number of nitrogens with zero attached hydrogens (tertiary/aromatic N) is 1. The molecule has 0 spiro atoms. The molecule has 0 radical (unpaired) electrons. The quantitative estimate of drug-likeness (QED) is 0.133. The van der Waals surface area contributed by atoms with Crippen molar-refractivity contribution in [2.75, 3.05) is 6.54 Å². The van der Waals surface area contributed by atoms with Crippen molar-refractivity contribution in [3.8, 4) is 0 Å². The molecule has 0 aromatic heterocycles. The molecule has 11 nitrogen and oxygen atoms in total. The fourth-order valence-electron chi connectivity index (χ4n) is 6.13. The number of carbonyl (C=O) groups excluding carboxylic acids is 5. The molecule has 1 aliphatic heterocycles. The van der Waals surface area contributed by atoms with Gasteiger partial charge in [0.05, 0.1) is 18.5 Å². The Bertz CT molecular complexity index is 1630. The van der Waals surface area contributed by atoms with E-state index < -0.39 is 58.9 Å². The number of carbonyl (C=O) groups is 6. The third kappa shape index (κ3) is 8.85. The molecule has 1 saturated heterocycles. The van der Waals surface area contributed by atoms with E-state index >= 15 is 0 Å². The van der Waals surface area contributed by atoms with Gasteiger partial charge in [0.1, 0.15) is 6.04 Å². The second-order valence-corrected chi connectivity index (χ2v) is 12.6. The number of Topliss-reactive ketones (excluding diaryl/α,β-unsaturated/α-hetero) is 2. The lowest BCUT2D eigenvalue weighted by atomic mass is 9.84. The smallest absolute Gasteiger partial charge is 0.338 e. The van der Waals surface area contributed by atoms with E-state index in [1.165, 1.54) is 0 Å². The van der Waals surface area contributed by atoms with E-state index in [0.29, 0.717) is 12.0 Å². The van der Waals surface area contributed by atoms with Crippen LogP contribution in [0.15, 0.2) is 91.0 Å². The summed E-state index contributed by atoms with van der Waals surface area (Å²) in [5.74, 6) is -6.27. The number of likely N-dealkylation sites (tertiary alicyclic amines) is 1. The maximum Gasteiger partial charge on any atom is 0.338 e. The standard InChI is InChI=1S/C38H44N4O7/c1-3-25(2)32(39)36(47)42-21-13-20-38(42,37(48)49)34(45)33(44)29(22-26-14-7-4-8-15-26)41-35(46)30(23-27-16-9-5-10-17-27)40-31(43)24-28-18-11-6-12-19-28/h4-12,14-19,25,29-30,32H,3,13,20-24,39H2,1-2H3,(H,40,43)(H,41,46)(H,48,49)/t25-,29?,30-,32-,38+/m0/s1. The lowest BCUT2D eigenvalue weighted by molar-refractivity contribution is -0.165. The Hall–Kier alpha value is -5.16. The van der Waals surface area contributed by atoms with E-state index in [0.717, 1.165) is 16.0 Å². The molecule has 258 valence electrons. The molecule has 0 saturated carbocycles. The SMILES string of the molecule is CC[C@H](C)[C@H](N)C(=O)N1CCC[C@]1(C(=O)O)C(=O)C(=O)C(Cc1ccccc1)NC(=O)[C@H](Cc1ccccc1)NC(=O)Cc1ccccc1. The topological polar surface area (TPSA) is 176 Å². The van der Waals surface area contributed by atoms with Gasteiger partial charge in [0, 0.05) is 19.4 Å². The first-order chi connectivity index (χ1) is 23.5. The minimum absolute atomic E-state index is 0.00799. The summed E-state index contributed by atoms with van der Waals surface area (Å²) in [6, 6.07) is 23.0. The van der Waals surface area contributed by atoms with E-state index in [1.54, 1.807) is 85.8 Å². The molecule has 3 amide bonds. The van der Waals surface area contributed by atoms with Gasteiger partial charge in [0.15, 0.2) is 0 Å². The van der Waals surface area contributed by atoms with E-state index in [-0.39, 0.29) is 44.6 Å². The second kappa shape index (κ2) is 16.8. The van der Waals surface area contributed by atoms with Crippen LogP contribution in [0.4, 0.5) is 0 Å². The molecule has 0 bridgehead atoms. The van der Waals surface area contributed by atoms with Crippen LogP contribution >= 0.6 is 0 Å². The minimum atomic E-state index is -2.47. The van der Waals surface area contributed by atoms with Crippen LogP contribution in [0, 0.1) is 5.92 Å². The zero-order valence-electron chi connectivity index (χ0n) is 27.8. The highest BCUT2D eigenvalue weighted by atomic mass is 16.4. The van der Waals surface area contributed by atoms with E-state index in [2.05, 4.69) is 10.6 Å². The van der Waals surface area contributed by atoms with Crippen LogP contribution in [0.1, 0.15) is 49.8 Å². The average molecular weight is 669 g/mol. The fourth-order valence-corrected chi connectivity index (χ4v) is 6.13. The summed E-state index contributed by atoms with van der Waals surface area (Å²) in [4.78, 5) is 82.7. The number of benzene rings is 3. The molecule has 1 unspecified atom stereocenters. The Morgan fingerprint density at radius 3 is 1.82 bits per heavy atom.